The van der Waals surface area contributed by atoms with Gasteiger partial charge in [-0.3, -0.25) is 9.36 Å². The molecule has 4 nitrogen and oxygen atoms in total. The molecule has 0 aliphatic carbocycles. The molecule has 0 spiro atoms. The molecule has 0 unspecified atom stereocenters. The lowest BCUT2D eigenvalue weighted by atomic mass is 10.1. The summed E-state index contributed by atoms with van der Waals surface area (Å²) in [6.45, 7) is 0. The standard InChI is InChI=1S/C23H20FN3OS2/c24-18-12-10-17(11-13-18)21(28)9-5-15-30-23-26-25-22(16-20-8-4-14-29-20)27(23)19-6-2-1-3-7-19/h1-4,6-8,10-14H,5,9,15-16H2. The zero-order valence-electron chi connectivity index (χ0n) is 16.2. The van der Waals surface area contributed by atoms with Crippen molar-refractivity contribution in [2.24, 2.45) is 0 Å². The van der Waals surface area contributed by atoms with E-state index in [4.69, 9.17) is 0 Å². The van der Waals surface area contributed by atoms with E-state index in [1.165, 1.54) is 29.1 Å². The number of hydrogen-bond donors (Lipinski definition) is 0. The van der Waals surface area contributed by atoms with Gasteiger partial charge in [0.2, 0.25) is 0 Å². The number of aromatic nitrogens is 3. The predicted octanol–water partition coefficient (Wildman–Crippen LogP) is 5.81. The minimum Gasteiger partial charge on any atom is -0.294 e. The number of nitrogens with zero attached hydrogens (tertiary/aromatic N) is 3. The van der Waals surface area contributed by atoms with Crippen LogP contribution < -0.4 is 0 Å². The van der Waals surface area contributed by atoms with Crippen molar-refractivity contribution >= 4 is 28.9 Å². The van der Waals surface area contributed by atoms with E-state index in [9.17, 15) is 9.18 Å². The van der Waals surface area contributed by atoms with Gasteiger partial charge in [0.25, 0.3) is 0 Å². The van der Waals surface area contributed by atoms with Crippen LogP contribution in [0.15, 0.2) is 77.3 Å². The molecule has 2 aromatic carbocycles. The van der Waals surface area contributed by atoms with Crippen molar-refractivity contribution in [3.05, 3.63) is 94.2 Å². The summed E-state index contributed by atoms with van der Waals surface area (Å²) in [7, 11) is 0. The van der Waals surface area contributed by atoms with Crippen LogP contribution in [0, 0.1) is 5.82 Å². The number of thioether (sulfide) groups is 1. The molecule has 0 amide bonds. The molecular weight excluding hydrogens is 417 g/mol. The molecule has 0 bridgehead atoms. The number of ketones is 1. The molecule has 4 rings (SSSR count). The summed E-state index contributed by atoms with van der Waals surface area (Å²) < 4.78 is 15.1. The second kappa shape index (κ2) is 9.82. The zero-order valence-corrected chi connectivity index (χ0v) is 17.8. The summed E-state index contributed by atoms with van der Waals surface area (Å²) in [6.07, 6.45) is 1.85. The molecule has 7 heteroatoms. The number of hydrogen-bond acceptors (Lipinski definition) is 5. The summed E-state index contributed by atoms with van der Waals surface area (Å²) in [6, 6.07) is 19.9. The highest BCUT2D eigenvalue weighted by Crippen LogP contribution is 2.25. The van der Waals surface area contributed by atoms with Crippen LogP contribution in [0.25, 0.3) is 5.69 Å². The Hall–Kier alpha value is -2.77. The van der Waals surface area contributed by atoms with E-state index in [0.717, 1.165) is 28.8 Å². The lowest BCUT2D eigenvalue weighted by Gasteiger charge is -2.09. The number of Topliss-reactive ketones (excluding diaryl/α,β-unsaturated/α-hetero) is 1. The van der Waals surface area contributed by atoms with E-state index in [-0.39, 0.29) is 11.6 Å². The maximum absolute atomic E-state index is 13.0. The normalized spacial score (nSPS) is 11.0. The van der Waals surface area contributed by atoms with Crippen molar-refractivity contribution in [2.75, 3.05) is 5.75 Å². The van der Waals surface area contributed by atoms with Crippen molar-refractivity contribution < 1.29 is 9.18 Å². The minimum absolute atomic E-state index is 0.0264. The molecule has 0 aliphatic heterocycles. The molecule has 2 aromatic heterocycles. The van der Waals surface area contributed by atoms with Crippen molar-refractivity contribution in [3.63, 3.8) is 0 Å². The molecular formula is C23H20FN3OS2. The minimum atomic E-state index is -0.333. The second-order valence-corrected chi connectivity index (χ2v) is 8.80. The molecule has 0 fully saturated rings. The molecule has 0 radical (unpaired) electrons. The molecule has 0 aliphatic rings. The Bertz CT molecular complexity index is 1090. The van der Waals surface area contributed by atoms with Crippen LogP contribution in [-0.2, 0) is 6.42 Å². The Morgan fingerprint density at radius 2 is 1.80 bits per heavy atom. The third-order valence-electron chi connectivity index (χ3n) is 4.57. The van der Waals surface area contributed by atoms with Crippen LogP contribution >= 0.6 is 23.1 Å². The van der Waals surface area contributed by atoms with Crippen LogP contribution in [0.2, 0.25) is 0 Å². The Balaban J connectivity index is 1.43. The lowest BCUT2D eigenvalue weighted by molar-refractivity contribution is 0.0982. The van der Waals surface area contributed by atoms with Gasteiger partial charge in [-0.15, -0.1) is 21.5 Å². The SMILES string of the molecule is O=C(CCCSc1nnc(Cc2cccs2)n1-c1ccccc1)c1ccc(F)cc1. The van der Waals surface area contributed by atoms with Gasteiger partial charge in [0.1, 0.15) is 11.6 Å². The Labute approximate surface area is 182 Å². The number of carbonyl (C=O) groups is 1. The number of rotatable bonds is 9. The Morgan fingerprint density at radius 1 is 1.00 bits per heavy atom. The van der Waals surface area contributed by atoms with E-state index >= 15 is 0 Å². The zero-order chi connectivity index (χ0) is 20.8. The van der Waals surface area contributed by atoms with Gasteiger partial charge < -0.3 is 0 Å². The summed E-state index contributed by atoms with van der Waals surface area (Å²) in [5.74, 6) is 1.34. The topological polar surface area (TPSA) is 47.8 Å². The fourth-order valence-corrected chi connectivity index (χ4v) is 4.70. The van der Waals surface area contributed by atoms with Gasteiger partial charge in [0.15, 0.2) is 10.9 Å². The summed E-state index contributed by atoms with van der Waals surface area (Å²) in [4.78, 5) is 13.5. The van der Waals surface area contributed by atoms with E-state index in [0.29, 0.717) is 18.4 Å². The first-order valence-corrected chi connectivity index (χ1v) is 11.5. The third kappa shape index (κ3) is 5.04. The molecule has 30 heavy (non-hydrogen) atoms. The van der Waals surface area contributed by atoms with E-state index in [1.54, 1.807) is 23.1 Å². The monoisotopic (exact) mass is 437 g/mol. The molecule has 0 N–H and O–H groups in total. The lowest BCUT2D eigenvalue weighted by Crippen LogP contribution is -2.04. The van der Waals surface area contributed by atoms with Crippen LogP contribution in [0.4, 0.5) is 4.39 Å². The van der Waals surface area contributed by atoms with Crippen LogP contribution in [-0.4, -0.2) is 26.3 Å². The molecule has 152 valence electrons. The van der Waals surface area contributed by atoms with Gasteiger partial charge >= 0.3 is 0 Å². The van der Waals surface area contributed by atoms with Gasteiger partial charge in [-0.25, -0.2) is 4.39 Å². The first-order valence-electron chi connectivity index (χ1n) is 9.64. The highest BCUT2D eigenvalue weighted by Gasteiger charge is 2.15. The van der Waals surface area contributed by atoms with E-state index < -0.39 is 0 Å². The highest BCUT2D eigenvalue weighted by atomic mass is 32.2. The summed E-state index contributed by atoms with van der Waals surface area (Å²) >= 11 is 3.30. The fourth-order valence-electron chi connectivity index (χ4n) is 3.09. The maximum atomic E-state index is 13.0. The number of halogens is 1. The molecule has 4 aromatic rings. The Kier molecular flexibility index (Phi) is 6.71. The molecule has 2 heterocycles. The van der Waals surface area contributed by atoms with E-state index in [1.807, 2.05) is 36.4 Å². The average Bonchev–Trinajstić information content (AvgIpc) is 3.42. The van der Waals surface area contributed by atoms with Crippen molar-refractivity contribution in [1.29, 1.82) is 0 Å². The molecule has 0 saturated carbocycles. The van der Waals surface area contributed by atoms with Gasteiger partial charge in [-0.2, -0.15) is 0 Å². The van der Waals surface area contributed by atoms with Crippen molar-refractivity contribution in [1.82, 2.24) is 14.8 Å². The van der Waals surface area contributed by atoms with E-state index in [2.05, 4.69) is 26.2 Å². The van der Waals surface area contributed by atoms with Gasteiger partial charge in [0, 0.05) is 34.7 Å². The van der Waals surface area contributed by atoms with Crippen LogP contribution in [0.3, 0.4) is 0 Å². The van der Waals surface area contributed by atoms with Crippen molar-refractivity contribution in [2.45, 2.75) is 24.4 Å². The average molecular weight is 438 g/mol. The molecule has 0 saturated heterocycles. The Morgan fingerprint density at radius 3 is 2.53 bits per heavy atom. The quantitative estimate of drug-likeness (QED) is 0.188. The molecule has 0 atom stereocenters. The number of thiophene rings is 1. The first kappa shape index (κ1) is 20.5. The third-order valence-corrected chi connectivity index (χ3v) is 6.46. The first-order chi connectivity index (χ1) is 14.7. The van der Waals surface area contributed by atoms with Crippen LogP contribution in [0.1, 0.15) is 33.9 Å². The van der Waals surface area contributed by atoms with Crippen molar-refractivity contribution in [3.8, 4) is 5.69 Å². The summed E-state index contributed by atoms with van der Waals surface area (Å²) in [5, 5.41) is 11.7. The number of para-hydroxylation sites is 1. The number of carbonyl (C=O) groups excluding carboxylic acids is 1. The van der Waals surface area contributed by atoms with Gasteiger partial charge in [-0.05, 0) is 54.3 Å². The second-order valence-electron chi connectivity index (χ2n) is 6.71. The predicted molar refractivity (Wildman–Crippen MR) is 119 cm³/mol. The maximum Gasteiger partial charge on any atom is 0.195 e. The van der Waals surface area contributed by atoms with Gasteiger partial charge in [0.05, 0.1) is 0 Å². The highest BCUT2D eigenvalue weighted by molar-refractivity contribution is 7.99. The fraction of sp³-hybridized carbons (Fsp3) is 0.174. The smallest absolute Gasteiger partial charge is 0.195 e. The number of benzene rings is 2. The summed E-state index contributed by atoms with van der Waals surface area (Å²) in [5.41, 5.74) is 1.58. The van der Waals surface area contributed by atoms with Crippen LogP contribution in [0.5, 0.6) is 0 Å². The van der Waals surface area contributed by atoms with Gasteiger partial charge in [-0.1, -0.05) is 36.0 Å². The largest absolute Gasteiger partial charge is 0.294 e.